The first-order valence-electron chi connectivity index (χ1n) is 13.1. The molecule has 32 heavy (non-hydrogen) atoms. The first kappa shape index (κ1) is 26.1. The highest BCUT2D eigenvalue weighted by atomic mass is 35.5. The first-order valence-corrected chi connectivity index (χ1v) is 13.4. The maximum Gasteiger partial charge on any atom is 0.130 e. The van der Waals surface area contributed by atoms with Gasteiger partial charge >= 0.3 is 0 Å². The van der Waals surface area contributed by atoms with Gasteiger partial charge in [-0.1, -0.05) is 58.6 Å². The zero-order valence-corrected chi connectivity index (χ0v) is 22.4. The monoisotopic (exact) mass is 462 g/mol. The summed E-state index contributed by atoms with van der Waals surface area (Å²) in [5, 5.41) is 23.6. The smallest absolute Gasteiger partial charge is 0.130 e. The zero-order chi connectivity index (χ0) is 23.9. The largest absolute Gasteiger partial charge is 0.390 e. The van der Waals surface area contributed by atoms with E-state index < -0.39 is 11.2 Å². The molecule has 4 unspecified atom stereocenters. The molecule has 8 atom stereocenters. The van der Waals surface area contributed by atoms with Crippen molar-refractivity contribution in [3.8, 4) is 11.3 Å². The van der Waals surface area contributed by atoms with Gasteiger partial charge in [0.2, 0.25) is 0 Å². The summed E-state index contributed by atoms with van der Waals surface area (Å²) in [4.78, 5) is 0. The van der Waals surface area contributed by atoms with Crippen molar-refractivity contribution in [1.82, 2.24) is 0 Å². The molecular formula is C29H47ClO2. The molecule has 0 heterocycles. The minimum Gasteiger partial charge on any atom is -0.390 e. The summed E-state index contributed by atoms with van der Waals surface area (Å²) in [6.07, 6.45) is 11.7. The maximum atomic E-state index is 10.9. The highest BCUT2D eigenvalue weighted by molar-refractivity contribution is 6.30. The molecule has 0 spiro atoms. The summed E-state index contributed by atoms with van der Waals surface area (Å²) in [7, 11) is 0. The Morgan fingerprint density at radius 2 is 1.94 bits per heavy atom. The van der Waals surface area contributed by atoms with E-state index in [-0.39, 0.29) is 5.41 Å². The summed E-state index contributed by atoms with van der Waals surface area (Å²) < 4.78 is 0. The molecule has 3 rings (SSSR count). The third kappa shape index (κ3) is 4.82. The van der Waals surface area contributed by atoms with E-state index in [1.165, 1.54) is 24.8 Å². The lowest BCUT2D eigenvalue weighted by molar-refractivity contribution is -0.0862. The number of halogens is 1. The quantitative estimate of drug-likeness (QED) is 0.320. The summed E-state index contributed by atoms with van der Waals surface area (Å²) >= 11 is 5.66. The molecule has 0 amide bonds. The standard InChI is InChI=1S/C29H47ClO2/c1-8-24(20(2)11-13-26(4,5)31)27(6)14-12-25-23(21(27)3)10-9-22-19-29(32,17-18-30)16-15-28(22,25)7/h9,20-21,23-25,31-32H,8,10-16,19H2,1-7H3/t20?,21?,23?,24-,25?,27+,28+,29-/m1/s1. The van der Waals surface area contributed by atoms with E-state index in [0.717, 1.165) is 32.1 Å². The predicted molar refractivity (Wildman–Crippen MR) is 135 cm³/mol. The Bertz CT molecular complexity index is 770. The van der Waals surface area contributed by atoms with E-state index in [9.17, 15) is 10.2 Å². The Balaban J connectivity index is 1.81. The van der Waals surface area contributed by atoms with Gasteiger partial charge in [-0.25, -0.2) is 0 Å². The van der Waals surface area contributed by atoms with Crippen molar-refractivity contribution in [3.63, 3.8) is 0 Å². The van der Waals surface area contributed by atoms with Crippen molar-refractivity contribution < 1.29 is 10.2 Å². The van der Waals surface area contributed by atoms with Crippen LogP contribution in [-0.4, -0.2) is 21.4 Å². The summed E-state index contributed by atoms with van der Waals surface area (Å²) in [5.74, 6) is 6.27. The third-order valence-electron chi connectivity index (χ3n) is 10.4. The van der Waals surface area contributed by atoms with Crippen LogP contribution in [0.1, 0.15) is 106 Å². The van der Waals surface area contributed by atoms with E-state index >= 15 is 0 Å². The fourth-order valence-corrected chi connectivity index (χ4v) is 8.34. The normalized spacial score (nSPS) is 41.4. The summed E-state index contributed by atoms with van der Waals surface area (Å²) in [6.45, 7) is 16.2. The number of fused-ring (bicyclic) bond motifs is 3. The van der Waals surface area contributed by atoms with Crippen LogP contribution >= 0.6 is 11.6 Å². The molecule has 182 valence electrons. The number of allylic oxidation sites excluding steroid dienone is 1. The van der Waals surface area contributed by atoms with Crippen LogP contribution in [0.3, 0.4) is 0 Å². The van der Waals surface area contributed by atoms with E-state index in [1.807, 2.05) is 13.8 Å². The van der Waals surface area contributed by atoms with E-state index in [0.29, 0.717) is 41.4 Å². The molecule has 0 bridgehead atoms. The molecule has 0 aliphatic heterocycles. The lowest BCUT2D eigenvalue weighted by Crippen LogP contribution is -2.53. The minimum atomic E-state index is -0.946. The molecule has 3 aliphatic rings. The third-order valence-corrected chi connectivity index (χ3v) is 10.5. The molecule has 0 radical (unpaired) electrons. The SMILES string of the molecule is CC[C@H](C(C)CCC(C)(C)O)[C@@]1(C)CCC2C(CC=C3C[C@](O)(C#CCl)CC[C@@]32C)C1C. The summed E-state index contributed by atoms with van der Waals surface area (Å²) in [6, 6.07) is 0. The molecule has 0 aromatic heterocycles. The van der Waals surface area contributed by atoms with Gasteiger partial charge in [-0.15, -0.1) is 0 Å². The van der Waals surface area contributed by atoms with E-state index in [4.69, 9.17) is 11.6 Å². The van der Waals surface area contributed by atoms with Gasteiger partial charge in [-0.2, -0.15) is 0 Å². The van der Waals surface area contributed by atoms with Crippen molar-refractivity contribution in [3.05, 3.63) is 11.6 Å². The van der Waals surface area contributed by atoms with Gasteiger partial charge in [0.05, 0.1) is 5.60 Å². The minimum absolute atomic E-state index is 0.187. The fourth-order valence-electron chi connectivity index (χ4n) is 8.16. The molecule has 0 aromatic rings. The second kappa shape index (κ2) is 9.28. The Morgan fingerprint density at radius 1 is 1.25 bits per heavy atom. The van der Waals surface area contributed by atoms with Crippen LogP contribution in [0.5, 0.6) is 0 Å². The molecule has 2 fully saturated rings. The highest BCUT2D eigenvalue weighted by Gasteiger charge is 2.56. The topological polar surface area (TPSA) is 40.5 Å². The average Bonchev–Trinajstić information content (AvgIpc) is 2.70. The molecule has 0 saturated heterocycles. The van der Waals surface area contributed by atoms with Crippen molar-refractivity contribution >= 4 is 11.6 Å². The van der Waals surface area contributed by atoms with Crippen LogP contribution in [0.15, 0.2) is 11.6 Å². The average molecular weight is 463 g/mol. The van der Waals surface area contributed by atoms with Gasteiger partial charge in [-0.05, 0) is 111 Å². The van der Waals surface area contributed by atoms with E-state index in [2.05, 4.69) is 52.0 Å². The van der Waals surface area contributed by atoms with Crippen molar-refractivity contribution in [2.75, 3.05) is 0 Å². The van der Waals surface area contributed by atoms with Crippen LogP contribution in [0.2, 0.25) is 0 Å². The Hall–Kier alpha value is -0.490. The summed E-state index contributed by atoms with van der Waals surface area (Å²) in [5.41, 5.74) is 0.432. The van der Waals surface area contributed by atoms with Gasteiger partial charge in [-0.3, -0.25) is 0 Å². The number of rotatable bonds is 6. The molecular weight excluding hydrogens is 416 g/mol. The molecule has 2 nitrogen and oxygen atoms in total. The van der Waals surface area contributed by atoms with Gasteiger partial charge in [0.25, 0.3) is 0 Å². The second-order valence-electron chi connectivity index (χ2n) is 12.8. The number of aliphatic hydroxyl groups is 2. The van der Waals surface area contributed by atoms with Gasteiger partial charge < -0.3 is 10.2 Å². The van der Waals surface area contributed by atoms with Crippen LogP contribution in [0.4, 0.5) is 0 Å². The molecule has 2 saturated carbocycles. The zero-order valence-electron chi connectivity index (χ0n) is 21.6. The highest BCUT2D eigenvalue weighted by Crippen LogP contribution is 2.64. The lowest BCUT2D eigenvalue weighted by Gasteiger charge is -2.60. The predicted octanol–water partition coefficient (Wildman–Crippen LogP) is 7.32. The van der Waals surface area contributed by atoms with Gasteiger partial charge in [0, 0.05) is 11.8 Å². The Labute approximate surface area is 202 Å². The molecule has 2 N–H and O–H groups in total. The fraction of sp³-hybridized carbons (Fsp3) is 0.862. The van der Waals surface area contributed by atoms with Crippen molar-refractivity contribution in [1.29, 1.82) is 0 Å². The van der Waals surface area contributed by atoms with Gasteiger partial charge in [0.1, 0.15) is 5.60 Å². The second-order valence-corrected chi connectivity index (χ2v) is 12.9. The molecule has 3 aliphatic carbocycles. The molecule has 3 heteroatoms. The lowest BCUT2D eigenvalue weighted by atomic mass is 9.44. The van der Waals surface area contributed by atoms with Crippen molar-refractivity contribution in [2.45, 2.75) is 117 Å². The maximum absolute atomic E-state index is 10.9. The Morgan fingerprint density at radius 3 is 2.53 bits per heavy atom. The van der Waals surface area contributed by atoms with Crippen LogP contribution < -0.4 is 0 Å². The molecule has 0 aromatic carbocycles. The van der Waals surface area contributed by atoms with Crippen LogP contribution in [-0.2, 0) is 0 Å². The van der Waals surface area contributed by atoms with Crippen LogP contribution in [0.25, 0.3) is 0 Å². The Kier molecular flexibility index (Phi) is 7.57. The van der Waals surface area contributed by atoms with Crippen molar-refractivity contribution in [2.24, 2.45) is 40.4 Å². The first-order chi connectivity index (χ1) is 14.8. The van der Waals surface area contributed by atoms with Gasteiger partial charge in [0.15, 0.2) is 0 Å². The number of hydrogen-bond donors (Lipinski definition) is 2. The van der Waals surface area contributed by atoms with Crippen LogP contribution in [0, 0.1) is 51.7 Å². The number of hydrogen-bond acceptors (Lipinski definition) is 2. The van der Waals surface area contributed by atoms with E-state index in [1.54, 1.807) is 0 Å².